The first kappa shape index (κ1) is 11.9. The Hall–Kier alpha value is -0.610. The van der Waals surface area contributed by atoms with Gasteiger partial charge in [-0.3, -0.25) is 0 Å². The summed E-state index contributed by atoms with van der Waals surface area (Å²) in [5.41, 5.74) is 1.03. The average Bonchev–Trinajstić information content (AvgIpc) is 2.33. The van der Waals surface area contributed by atoms with E-state index in [0.29, 0.717) is 12.5 Å². The standard InChI is InChI=1S/C12H17BrN2O/c1-9-11(13)2-3-12(14-9)15-6-4-10(8-16)5-7-15/h2-3,10,16H,4-8H2,1H3. The molecule has 0 radical (unpaired) electrons. The second-order valence-corrected chi connectivity index (χ2v) is 5.20. The van der Waals surface area contributed by atoms with Crippen LogP contribution in [0.3, 0.4) is 0 Å². The normalized spacial score (nSPS) is 17.8. The Balaban J connectivity index is 2.05. The van der Waals surface area contributed by atoms with Crippen molar-refractivity contribution in [3.05, 3.63) is 22.3 Å². The molecule has 1 aromatic heterocycles. The van der Waals surface area contributed by atoms with Gasteiger partial charge in [0.1, 0.15) is 5.82 Å². The van der Waals surface area contributed by atoms with E-state index in [-0.39, 0.29) is 0 Å². The maximum Gasteiger partial charge on any atom is 0.128 e. The summed E-state index contributed by atoms with van der Waals surface area (Å²) in [6, 6.07) is 4.10. The monoisotopic (exact) mass is 284 g/mol. The van der Waals surface area contributed by atoms with E-state index in [1.54, 1.807) is 0 Å². The van der Waals surface area contributed by atoms with Crippen molar-refractivity contribution in [3.8, 4) is 0 Å². The SMILES string of the molecule is Cc1nc(N2CCC(CO)CC2)ccc1Br. The molecule has 0 aromatic carbocycles. The van der Waals surface area contributed by atoms with Crippen molar-refractivity contribution in [1.29, 1.82) is 0 Å². The molecule has 0 unspecified atom stereocenters. The first-order valence-corrected chi connectivity index (χ1v) is 6.49. The van der Waals surface area contributed by atoms with Crippen LogP contribution in [-0.4, -0.2) is 29.8 Å². The molecule has 3 nitrogen and oxygen atoms in total. The molecule has 1 N–H and O–H groups in total. The van der Waals surface area contributed by atoms with Gasteiger partial charge in [0.05, 0.1) is 5.69 Å². The second kappa shape index (κ2) is 5.15. The zero-order valence-corrected chi connectivity index (χ0v) is 11.1. The summed E-state index contributed by atoms with van der Waals surface area (Å²) in [6.45, 7) is 4.33. The second-order valence-electron chi connectivity index (χ2n) is 4.35. The number of aryl methyl sites for hydroxylation is 1. The molecule has 4 heteroatoms. The average molecular weight is 285 g/mol. The largest absolute Gasteiger partial charge is 0.396 e. The molecule has 0 aliphatic carbocycles. The number of hydrogen-bond donors (Lipinski definition) is 1. The highest BCUT2D eigenvalue weighted by molar-refractivity contribution is 9.10. The number of aromatic nitrogens is 1. The van der Waals surface area contributed by atoms with Crippen molar-refractivity contribution in [2.45, 2.75) is 19.8 Å². The van der Waals surface area contributed by atoms with Crippen LogP contribution in [0.25, 0.3) is 0 Å². The maximum atomic E-state index is 9.09. The minimum Gasteiger partial charge on any atom is -0.396 e. The van der Waals surface area contributed by atoms with Gasteiger partial charge >= 0.3 is 0 Å². The quantitative estimate of drug-likeness (QED) is 0.906. The molecule has 0 atom stereocenters. The first-order valence-electron chi connectivity index (χ1n) is 5.69. The Morgan fingerprint density at radius 1 is 1.44 bits per heavy atom. The molecule has 2 rings (SSSR count). The molecule has 2 heterocycles. The summed E-state index contributed by atoms with van der Waals surface area (Å²) in [4.78, 5) is 6.86. The predicted octanol–water partition coefficient (Wildman–Crippen LogP) is 2.36. The third-order valence-corrected chi connectivity index (χ3v) is 4.04. The van der Waals surface area contributed by atoms with Crippen LogP contribution in [0, 0.1) is 12.8 Å². The van der Waals surface area contributed by atoms with Crippen LogP contribution < -0.4 is 4.90 Å². The van der Waals surface area contributed by atoms with E-state index in [1.165, 1.54) is 0 Å². The molecule has 1 aliphatic rings. The van der Waals surface area contributed by atoms with Crippen molar-refractivity contribution >= 4 is 21.7 Å². The van der Waals surface area contributed by atoms with Gasteiger partial charge in [0.2, 0.25) is 0 Å². The van der Waals surface area contributed by atoms with Gasteiger partial charge in [0, 0.05) is 24.2 Å². The number of aliphatic hydroxyl groups is 1. The highest BCUT2D eigenvalue weighted by atomic mass is 79.9. The van der Waals surface area contributed by atoms with Crippen molar-refractivity contribution < 1.29 is 5.11 Å². The number of halogens is 1. The summed E-state index contributed by atoms with van der Waals surface area (Å²) in [5, 5.41) is 9.09. The lowest BCUT2D eigenvalue weighted by Gasteiger charge is -2.32. The van der Waals surface area contributed by atoms with E-state index in [2.05, 4.69) is 37.9 Å². The molecule has 1 fully saturated rings. The van der Waals surface area contributed by atoms with E-state index < -0.39 is 0 Å². The zero-order chi connectivity index (χ0) is 11.5. The Kier molecular flexibility index (Phi) is 3.82. The molecule has 0 spiro atoms. The Labute approximate surface area is 105 Å². The van der Waals surface area contributed by atoms with Gasteiger partial charge in [0.25, 0.3) is 0 Å². The third-order valence-electron chi connectivity index (χ3n) is 3.20. The smallest absolute Gasteiger partial charge is 0.128 e. The van der Waals surface area contributed by atoms with E-state index in [9.17, 15) is 0 Å². The molecular weight excluding hydrogens is 268 g/mol. The Bertz CT molecular complexity index is 362. The molecule has 1 aliphatic heterocycles. The Morgan fingerprint density at radius 2 is 2.12 bits per heavy atom. The van der Waals surface area contributed by atoms with Gasteiger partial charge in [-0.15, -0.1) is 0 Å². The number of piperidine rings is 1. The number of rotatable bonds is 2. The van der Waals surface area contributed by atoms with Crippen LogP contribution in [0.5, 0.6) is 0 Å². The molecular formula is C12H17BrN2O. The molecule has 16 heavy (non-hydrogen) atoms. The van der Waals surface area contributed by atoms with Gasteiger partial charge in [-0.25, -0.2) is 4.98 Å². The fourth-order valence-corrected chi connectivity index (χ4v) is 2.27. The molecule has 0 bridgehead atoms. The van der Waals surface area contributed by atoms with Crippen molar-refractivity contribution in [2.75, 3.05) is 24.6 Å². The zero-order valence-electron chi connectivity index (χ0n) is 9.49. The van der Waals surface area contributed by atoms with Crippen molar-refractivity contribution in [1.82, 2.24) is 4.98 Å². The lowest BCUT2D eigenvalue weighted by atomic mass is 9.98. The highest BCUT2D eigenvalue weighted by Gasteiger charge is 2.19. The van der Waals surface area contributed by atoms with E-state index >= 15 is 0 Å². The maximum absolute atomic E-state index is 9.09. The molecule has 0 amide bonds. The van der Waals surface area contributed by atoms with Crippen molar-refractivity contribution in [3.63, 3.8) is 0 Å². The lowest BCUT2D eigenvalue weighted by Crippen LogP contribution is -2.35. The van der Waals surface area contributed by atoms with Gasteiger partial charge in [0.15, 0.2) is 0 Å². The topological polar surface area (TPSA) is 36.4 Å². The van der Waals surface area contributed by atoms with Crippen LogP contribution in [0.15, 0.2) is 16.6 Å². The number of hydrogen-bond acceptors (Lipinski definition) is 3. The minimum absolute atomic E-state index is 0.320. The number of anilines is 1. The molecule has 0 saturated carbocycles. The first-order chi connectivity index (χ1) is 7.70. The lowest BCUT2D eigenvalue weighted by molar-refractivity contribution is 0.203. The molecule has 1 saturated heterocycles. The third kappa shape index (κ3) is 2.55. The van der Waals surface area contributed by atoms with Crippen LogP contribution >= 0.6 is 15.9 Å². The van der Waals surface area contributed by atoms with Gasteiger partial charge < -0.3 is 10.0 Å². The summed E-state index contributed by atoms with van der Waals surface area (Å²) in [6.07, 6.45) is 2.13. The van der Waals surface area contributed by atoms with Crippen LogP contribution in [0.2, 0.25) is 0 Å². The van der Waals surface area contributed by atoms with Crippen LogP contribution in [-0.2, 0) is 0 Å². The number of aliphatic hydroxyl groups excluding tert-OH is 1. The number of pyridine rings is 1. The molecule has 1 aromatic rings. The van der Waals surface area contributed by atoms with Crippen LogP contribution in [0.4, 0.5) is 5.82 Å². The van der Waals surface area contributed by atoms with Crippen molar-refractivity contribution in [2.24, 2.45) is 5.92 Å². The molecule has 88 valence electrons. The number of nitrogens with zero attached hydrogens (tertiary/aromatic N) is 2. The van der Waals surface area contributed by atoms with E-state index in [4.69, 9.17) is 5.11 Å². The van der Waals surface area contributed by atoms with Gasteiger partial charge in [-0.05, 0) is 53.7 Å². The van der Waals surface area contributed by atoms with Crippen LogP contribution in [0.1, 0.15) is 18.5 Å². The Morgan fingerprint density at radius 3 is 2.69 bits per heavy atom. The van der Waals surface area contributed by atoms with E-state index in [0.717, 1.165) is 41.9 Å². The predicted molar refractivity (Wildman–Crippen MR) is 68.7 cm³/mol. The summed E-state index contributed by atoms with van der Waals surface area (Å²) in [7, 11) is 0. The summed E-state index contributed by atoms with van der Waals surface area (Å²) >= 11 is 3.46. The van der Waals surface area contributed by atoms with E-state index in [1.807, 2.05) is 6.92 Å². The highest BCUT2D eigenvalue weighted by Crippen LogP contribution is 2.24. The summed E-state index contributed by atoms with van der Waals surface area (Å²) in [5.74, 6) is 1.53. The fourth-order valence-electron chi connectivity index (χ4n) is 2.05. The summed E-state index contributed by atoms with van der Waals surface area (Å²) < 4.78 is 1.06. The fraction of sp³-hybridized carbons (Fsp3) is 0.583. The van der Waals surface area contributed by atoms with Gasteiger partial charge in [-0.2, -0.15) is 0 Å². The van der Waals surface area contributed by atoms with Gasteiger partial charge in [-0.1, -0.05) is 0 Å². The minimum atomic E-state index is 0.320.